The molecule has 1 heterocycles. The van der Waals surface area contributed by atoms with Crippen molar-refractivity contribution >= 4 is 5.91 Å². The molecule has 0 aromatic heterocycles. The maximum Gasteiger partial charge on any atom is 0.226 e. The van der Waals surface area contributed by atoms with Gasteiger partial charge in [0.25, 0.3) is 0 Å². The van der Waals surface area contributed by atoms with Gasteiger partial charge in [0.2, 0.25) is 5.91 Å². The van der Waals surface area contributed by atoms with Crippen LogP contribution in [0.25, 0.3) is 0 Å². The van der Waals surface area contributed by atoms with E-state index in [2.05, 4.69) is 4.90 Å². The molecule has 1 saturated heterocycles. The molecule has 1 aliphatic heterocycles. The van der Waals surface area contributed by atoms with Crippen LogP contribution in [0.4, 0.5) is 0 Å². The van der Waals surface area contributed by atoms with Crippen molar-refractivity contribution in [2.24, 2.45) is 11.7 Å². The fourth-order valence-electron chi connectivity index (χ4n) is 4.06. The Morgan fingerprint density at radius 3 is 2.79 bits per heavy atom. The number of nitrogens with two attached hydrogens (primary N) is 1. The molecule has 4 atom stereocenters. The van der Waals surface area contributed by atoms with E-state index in [0.717, 1.165) is 45.1 Å². The number of carbonyl (C=O) groups excluding carboxylic acids is 1. The monoisotopic (exact) mass is 266 g/mol. The molecule has 4 unspecified atom stereocenters. The Balaban J connectivity index is 1.67. The highest BCUT2D eigenvalue weighted by Crippen LogP contribution is 2.32. The molecule has 1 amide bonds. The van der Waals surface area contributed by atoms with Gasteiger partial charge in [-0.25, -0.2) is 0 Å². The maximum atomic E-state index is 12.8. The van der Waals surface area contributed by atoms with Crippen LogP contribution in [0.2, 0.25) is 0 Å². The summed E-state index contributed by atoms with van der Waals surface area (Å²) in [6.07, 6.45) is 9.12. The first-order chi connectivity index (χ1) is 9.25. The minimum atomic E-state index is 0.171. The molecule has 4 heteroatoms. The third-order valence-corrected chi connectivity index (χ3v) is 5.08. The van der Waals surface area contributed by atoms with Crippen LogP contribution in [0.15, 0.2) is 0 Å². The molecule has 0 spiro atoms. The first-order valence-electron chi connectivity index (χ1n) is 7.93. The van der Waals surface area contributed by atoms with Crippen LogP contribution in [0.3, 0.4) is 0 Å². The van der Waals surface area contributed by atoms with Crippen LogP contribution >= 0.6 is 0 Å². The fraction of sp³-hybridized carbons (Fsp3) is 0.933. The van der Waals surface area contributed by atoms with E-state index in [1.807, 2.05) is 0 Å². The summed E-state index contributed by atoms with van der Waals surface area (Å²) in [5.41, 5.74) is 6.03. The lowest BCUT2D eigenvalue weighted by Crippen LogP contribution is -2.56. The Hall–Kier alpha value is -0.610. The van der Waals surface area contributed by atoms with Gasteiger partial charge in [-0.05, 0) is 32.1 Å². The molecule has 0 aromatic rings. The van der Waals surface area contributed by atoms with Crippen LogP contribution in [-0.2, 0) is 9.53 Å². The molecule has 0 radical (unpaired) electrons. The molecule has 4 nitrogen and oxygen atoms in total. The smallest absolute Gasteiger partial charge is 0.226 e. The summed E-state index contributed by atoms with van der Waals surface area (Å²) < 4.78 is 5.85. The van der Waals surface area contributed by atoms with Crippen molar-refractivity contribution in [1.29, 1.82) is 0 Å². The maximum absolute atomic E-state index is 12.8. The molecule has 0 aromatic carbocycles. The molecule has 2 N–H and O–H groups in total. The lowest BCUT2D eigenvalue weighted by atomic mass is 9.83. The van der Waals surface area contributed by atoms with Crippen molar-refractivity contribution in [1.82, 2.24) is 4.90 Å². The van der Waals surface area contributed by atoms with Gasteiger partial charge in [0.05, 0.1) is 18.8 Å². The summed E-state index contributed by atoms with van der Waals surface area (Å²) in [7, 11) is 0. The number of ether oxygens (including phenoxy) is 1. The second kappa shape index (κ2) is 5.80. The van der Waals surface area contributed by atoms with E-state index in [9.17, 15) is 4.79 Å². The van der Waals surface area contributed by atoms with Crippen LogP contribution in [0.5, 0.6) is 0 Å². The van der Waals surface area contributed by atoms with Gasteiger partial charge in [-0.1, -0.05) is 19.3 Å². The Bertz CT molecular complexity index is 332. The Kier molecular flexibility index (Phi) is 4.08. The topological polar surface area (TPSA) is 55.6 Å². The highest BCUT2D eigenvalue weighted by molar-refractivity contribution is 5.79. The summed E-state index contributed by atoms with van der Waals surface area (Å²) in [5.74, 6) is 0.528. The predicted molar refractivity (Wildman–Crippen MR) is 73.6 cm³/mol. The summed E-state index contributed by atoms with van der Waals surface area (Å²) in [6, 6.07) is 0.569. The van der Waals surface area contributed by atoms with E-state index in [4.69, 9.17) is 10.5 Å². The molecule has 3 aliphatic rings. The van der Waals surface area contributed by atoms with E-state index < -0.39 is 0 Å². The Morgan fingerprint density at radius 1 is 1.11 bits per heavy atom. The normalized spacial score (nSPS) is 39.7. The summed E-state index contributed by atoms with van der Waals surface area (Å²) in [4.78, 5) is 14.9. The van der Waals surface area contributed by atoms with Crippen LogP contribution in [-0.4, -0.2) is 42.1 Å². The average Bonchev–Trinajstić information content (AvgIpc) is 2.46. The average molecular weight is 266 g/mol. The van der Waals surface area contributed by atoms with Crippen molar-refractivity contribution in [3.8, 4) is 0 Å². The zero-order valence-electron chi connectivity index (χ0n) is 11.7. The number of nitrogens with zero attached hydrogens (tertiary/aromatic N) is 1. The third kappa shape index (κ3) is 2.79. The number of fused-ring (bicyclic) bond motifs is 1. The van der Waals surface area contributed by atoms with E-state index >= 15 is 0 Å². The van der Waals surface area contributed by atoms with Crippen molar-refractivity contribution < 1.29 is 9.53 Å². The van der Waals surface area contributed by atoms with Crippen molar-refractivity contribution in [2.45, 2.75) is 69.6 Å². The zero-order valence-corrected chi connectivity index (χ0v) is 11.7. The van der Waals surface area contributed by atoms with Crippen LogP contribution in [0.1, 0.15) is 51.4 Å². The number of rotatable bonds is 1. The number of amides is 1. The van der Waals surface area contributed by atoms with Gasteiger partial charge < -0.3 is 15.4 Å². The molecular formula is C15H26N2O2. The number of morpholine rings is 1. The minimum Gasteiger partial charge on any atom is -0.374 e. The summed E-state index contributed by atoms with van der Waals surface area (Å²) in [6.45, 7) is 1.50. The molecule has 19 heavy (non-hydrogen) atoms. The van der Waals surface area contributed by atoms with E-state index in [0.29, 0.717) is 24.7 Å². The molecule has 2 saturated carbocycles. The van der Waals surface area contributed by atoms with Crippen molar-refractivity contribution in [2.75, 3.05) is 13.2 Å². The quantitative estimate of drug-likeness (QED) is 0.785. The molecule has 2 aliphatic carbocycles. The van der Waals surface area contributed by atoms with Gasteiger partial charge in [-0.15, -0.1) is 0 Å². The SMILES string of the molecule is NC1CCCC(C(=O)N2CCOC3CCCCC32)C1. The zero-order chi connectivity index (χ0) is 13.2. The summed E-state index contributed by atoms with van der Waals surface area (Å²) >= 11 is 0. The van der Waals surface area contributed by atoms with Gasteiger partial charge in [-0.3, -0.25) is 4.79 Å². The van der Waals surface area contributed by atoms with Gasteiger partial charge in [0, 0.05) is 18.5 Å². The Labute approximate surface area is 115 Å². The predicted octanol–water partition coefficient (Wildman–Crippen LogP) is 1.67. The summed E-state index contributed by atoms with van der Waals surface area (Å²) in [5, 5.41) is 0. The largest absolute Gasteiger partial charge is 0.374 e. The second-order valence-corrected chi connectivity index (χ2v) is 6.42. The third-order valence-electron chi connectivity index (χ3n) is 5.08. The molecule has 0 bridgehead atoms. The number of hydrogen-bond acceptors (Lipinski definition) is 3. The second-order valence-electron chi connectivity index (χ2n) is 6.42. The highest BCUT2D eigenvalue weighted by Gasteiger charge is 2.39. The molecule has 3 rings (SSSR count). The fourth-order valence-corrected chi connectivity index (χ4v) is 4.06. The van der Waals surface area contributed by atoms with Gasteiger partial charge in [-0.2, -0.15) is 0 Å². The van der Waals surface area contributed by atoms with Gasteiger partial charge in [0.15, 0.2) is 0 Å². The van der Waals surface area contributed by atoms with E-state index in [1.54, 1.807) is 0 Å². The van der Waals surface area contributed by atoms with Gasteiger partial charge >= 0.3 is 0 Å². The van der Waals surface area contributed by atoms with Crippen molar-refractivity contribution in [3.63, 3.8) is 0 Å². The van der Waals surface area contributed by atoms with E-state index in [1.165, 1.54) is 12.8 Å². The van der Waals surface area contributed by atoms with Crippen molar-refractivity contribution in [3.05, 3.63) is 0 Å². The Morgan fingerprint density at radius 2 is 1.95 bits per heavy atom. The molecule has 108 valence electrons. The molecule has 3 fully saturated rings. The number of hydrogen-bond donors (Lipinski definition) is 1. The lowest BCUT2D eigenvalue weighted by molar-refractivity contribution is -0.154. The minimum absolute atomic E-state index is 0.171. The first kappa shape index (κ1) is 13.4. The van der Waals surface area contributed by atoms with Crippen LogP contribution in [0, 0.1) is 5.92 Å². The highest BCUT2D eigenvalue weighted by atomic mass is 16.5. The van der Waals surface area contributed by atoms with Crippen LogP contribution < -0.4 is 5.73 Å². The molecular weight excluding hydrogens is 240 g/mol. The van der Waals surface area contributed by atoms with Gasteiger partial charge in [0.1, 0.15) is 0 Å². The number of carbonyl (C=O) groups is 1. The lowest BCUT2D eigenvalue weighted by Gasteiger charge is -2.45. The standard InChI is InChI=1S/C15H26N2O2/c16-12-5-3-4-11(10-12)15(18)17-8-9-19-14-7-2-1-6-13(14)17/h11-14H,1-10,16H2. The first-order valence-corrected chi connectivity index (χ1v) is 7.93. The van der Waals surface area contributed by atoms with E-state index in [-0.39, 0.29) is 12.0 Å².